The van der Waals surface area contributed by atoms with E-state index in [0.29, 0.717) is 30.4 Å². The zero-order chi connectivity index (χ0) is 24.1. The number of nitrogens with zero attached hydrogens (tertiary/aromatic N) is 1. The monoisotopic (exact) mass is 470 g/mol. The van der Waals surface area contributed by atoms with E-state index < -0.39 is 0 Å². The molecule has 0 saturated carbocycles. The Balaban J connectivity index is 1.36. The van der Waals surface area contributed by atoms with E-state index in [2.05, 4.69) is 15.8 Å². The van der Waals surface area contributed by atoms with Gasteiger partial charge < -0.3 is 25.1 Å². The van der Waals surface area contributed by atoms with Crippen molar-refractivity contribution in [2.45, 2.75) is 24.8 Å². The highest BCUT2D eigenvalue weighted by Gasteiger charge is 2.32. The van der Waals surface area contributed by atoms with Crippen molar-refractivity contribution in [1.82, 2.24) is 15.8 Å². The molecule has 5 N–H and O–H groups in total. The lowest BCUT2D eigenvalue weighted by atomic mass is 9.88. The van der Waals surface area contributed by atoms with Gasteiger partial charge in [0.15, 0.2) is 11.5 Å². The Labute approximate surface area is 200 Å². The summed E-state index contributed by atoms with van der Waals surface area (Å²) >= 11 is 0. The van der Waals surface area contributed by atoms with Crippen molar-refractivity contribution >= 4 is 5.91 Å². The van der Waals surface area contributed by atoms with Crippen LogP contribution >= 0.6 is 0 Å². The summed E-state index contributed by atoms with van der Waals surface area (Å²) in [5, 5.41) is 10.8. The molecule has 0 bridgehead atoms. The van der Waals surface area contributed by atoms with Crippen LogP contribution in [0.2, 0.25) is 0 Å². The quantitative estimate of drug-likeness (QED) is 0.439. The highest BCUT2D eigenvalue weighted by atomic mass is 16.5. The van der Waals surface area contributed by atoms with E-state index in [4.69, 9.17) is 19.9 Å². The molecule has 4 rings (SSSR count). The van der Waals surface area contributed by atoms with E-state index in [0.717, 1.165) is 43.6 Å². The van der Waals surface area contributed by atoms with Crippen LogP contribution in [0.4, 0.5) is 0 Å². The summed E-state index contributed by atoms with van der Waals surface area (Å²) in [6.45, 7) is 3.68. The summed E-state index contributed by atoms with van der Waals surface area (Å²) in [5.41, 5.74) is 13.8. The summed E-state index contributed by atoms with van der Waals surface area (Å²) in [5.74, 6) is 2.06. The number of phenolic OH excluding ortho intramolecular Hbond substituents is 1. The Morgan fingerprint density at radius 1 is 1.12 bits per heavy atom. The highest BCUT2D eigenvalue weighted by Crippen LogP contribution is 2.40. The van der Waals surface area contributed by atoms with Gasteiger partial charge in [-0.3, -0.25) is 15.1 Å². The average Bonchev–Trinajstić information content (AvgIpc) is 3.33. The topological polar surface area (TPSA) is 118 Å². The number of nitrogens with one attached hydrogen (secondary N) is 2. The van der Waals surface area contributed by atoms with E-state index in [1.807, 2.05) is 30.3 Å². The first-order valence-corrected chi connectivity index (χ1v) is 11.7. The van der Waals surface area contributed by atoms with Crippen LogP contribution < -0.4 is 30.8 Å². The number of hydrogen-bond acceptors (Lipinski definition) is 8. The summed E-state index contributed by atoms with van der Waals surface area (Å²) in [6, 6.07) is 11.2. The number of piperidine rings is 1. The molecular formula is C25H34N4O5. The number of phenols is 1. The van der Waals surface area contributed by atoms with Crippen molar-refractivity contribution in [3.8, 4) is 23.0 Å². The molecular weight excluding hydrogens is 436 g/mol. The predicted molar refractivity (Wildman–Crippen MR) is 128 cm³/mol. The molecule has 2 aliphatic rings. The summed E-state index contributed by atoms with van der Waals surface area (Å²) in [6.07, 6.45) is 1.60. The molecule has 2 heterocycles. The molecule has 2 aliphatic heterocycles. The van der Waals surface area contributed by atoms with E-state index >= 15 is 0 Å². The van der Waals surface area contributed by atoms with E-state index in [9.17, 15) is 9.90 Å². The van der Waals surface area contributed by atoms with Crippen LogP contribution in [0.5, 0.6) is 23.0 Å². The number of hydrogen-bond donors (Lipinski definition) is 4. The summed E-state index contributed by atoms with van der Waals surface area (Å²) < 4.78 is 16.7. The van der Waals surface area contributed by atoms with Crippen molar-refractivity contribution in [3.05, 3.63) is 47.5 Å². The second-order valence-corrected chi connectivity index (χ2v) is 8.81. The fraction of sp³-hybridized carbons (Fsp3) is 0.480. The fourth-order valence-corrected chi connectivity index (χ4v) is 4.80. The normalized spacial score (nSPS) is 21.4. The third kappa shape index (κ3) is 5.38. The van der Waals surface area contributed by atoms with Gasteiger partial charge in [-0.1, -0.05) is 12.1 Å². The van der Waals surface area contributed by atoms with Crippen LogP contribution in [-0.2, 0) is 4.79 Å². The Morgan fingerprint density at radius 3 is 2.56 bits per heavy atom. The second kappa shape index (κ2) is 10.9. The predicted octanol–water partition coefficient (Wildman–Crippen LogP) is 1.92. The number of hydrazine groups is 1. The Bertz CT molecular complexity index is 993. The van der Waals surface area contributed by atoms with Crippen LogP contribution in [0.3, 0.4) is 0 Å². The number of likely N-dealkylation sites (tertiary alicyclic amines) is 1. The lowest BCUT2D eigenvalue weighted by molar-refractivity contribution is -0.123. The molecule has 184 valence electrons. The van der Waals surface area contributed by atoms with Crippen LogP contribution in [0.1, 0.15) is 35.9 Å². The van der Waals surface area contributed by atoms with Crippen LogP contribution in [0.25, 0.3) is 0 Å². The number of ether oxygens (including phenoxy) is 3. The van der Waals surface area contributed by atoms with Crippen molar-refractivity contribution < 1.29 is 24.1 Å². The van der Waals surface area contributed by atoms with Crippen molar-refractivity contribution in [1.29, 1.82) is 0 Å². The standard InChI is InChI=1S/C25H34N4O5/c1-32-22-6-3-17(13-23(22)33-2)20-15-27-28-24(20)19-5-4-18(14-21(19)30)34-12-11-29-9-7-16(8-10-29)25(26)31/h3-6,13-14,16,20,24,27-28,30H,7-12,15H2,1-2H3,(H2,26,31). The number of methoxy groups -OCH3 is 2. The molecule has 9 heteroatoms. The van der Waals surface area contributed by atoms with Crippen LogP contribution in [0.15, 0.2) is 36.4 Å². The lowest BCUT2D eigenvalue weighted by Gasteiger charge is -2.30. The SMILES string of the molecule is COc1ccc(C2CNNC2c2ccc(OCCN3CCC(C(N)=O)CC3)cc2O)cc1OC. The van der Waals surface area contributed by atoms with Gasteiger partial charge in [-0.2, -0.15) is 0 Å². The van der Waals surface area contributed by atoms with Crippen molar-refractivity contribution in [2.75, 3.05) is 47.0 Å². The van der Waals surface area contributed by atoms with Gasteiger partial charge in [-0.15, -0.1) is 0 Å². The molecule has 0 aliphatic carbocycles. The number of primary amides is 1. The second-order valence-electron chi connectivity index (χ2n) is 8.81. The molecule has 2 saturated heterocycles. The summed E-state index contributed by atoms with van der Waals surface area (Å²) in [4.78, 5) is 13.6. The summed E-state index contributed by atoms with van der Waals surface area (Å²) in [7, 11) is 3.24. The van der Waals surface area contributed by atoms with Gasteiger partial charge in [-0.25, -0.2) is 5.43 Å². The number of amides is 1. The zero-order valence-corrected chi connectivity index (χ0v) is 19.8. The number of nitrogens with two attached hydrogens (primary N) is 1. The molecule has 34 heavy (non-hydrogen) atoms. The molecule has 0 radical (unpaired) electrons. The molecule has 1 amide bonds. The Hall–Kier alpha value is -3.01. The van der Waals surface area contributed by atoms with Gasteiger partial charge in [0.05, 0.1) is 20.3 Å². The Morgan fingerprint density at radius 2 is 1.88 bits per heavy atom. The first kappa shape index (κ1) is 24.1. The molecule has 0 spiro atoms. The van der Waals surface area contributed by atoms with Crippen LogP contribution in [-0.4, -0.2) is 62.9 Å². The van der Waals surface area contributed by atoms with Gasteiger partial charge in [0.1, 0.15) is 18.1 Å². The minimum absolute atomic E-state index is 0.0109. The van der Waals surface area contributed by atoms with E-state index in [1.54, 1.807) is 20.3 Å². The highest BCUT2D eigenvalue weighted by molar-refractivity contribution is 5.76. The van der Waals surface area contributed by atoms with Gasteiger partial charge in [-0.05, 0) is 49.7 Å². The molecule has 2 unspecified atom stereocenters. The maximum absolute atomic E-state index is 11.3. The Kier molecular flexibility index (Phi) is 7.77. The number of benzene rings is 2. The maximum atomic E-state index is 11.3. The first-order valence-electron chi connectivity index (χ1n) is 11.7. The van der Waals surface area contributed by atoms with Crippen molar-refractivity contribution in [3.63, 3.8) is 0 Å². The van der Waals surface area contributed by atoms with E-state index in [1.165, 1.54) is 0 Å². The molecule has 2 atom stereocenters. The van der Waals surface area contributed by atoms with E-state index in [-0.39, 0.29) is 29.5 Å². The van der Waals surface area contributed by atoms with Crippen molar-refractivity contribution in [2.24, 2.45) is 11.7 Å². The largest absolute Gasteiger partial charge is 0.507 e. The van der Waals surface area contributed by atoms with Gasteiger partial charge in [0.25, 0.3) is 0 Å². The molecule has 2 aromatic rings. The molecule has 9 nitrogen and oxygen atoms in total. The first-order chi connectivity index (χ1) is 16.5. The van der Waals surface area contributed by atoms with Gasteiger partial charge in [0.2, 0.25) is 5.91 Å². The lowest BCUT2D eigenvalue weighted by Crippen LogP contribution is -2.40. The number of aromatic hydroxyl groups is 1. The number of rotatable bonds is 9. The van der Waals surface area contributed by atoms with Gasteiger partial charge >= 0.3 is 0 Å². The number of carbonyl (C=O) groups excluding carboxylic acids is 1. The molecule has 2 fully saturated rings. The minimum Gasteiger partial charge on any atom is -0.507 e. The number of carbonyl (C=O) groups is 1. The minimum atomic E-state index is -0.202. The molecule has 2 aromatic carbocycles. The smallest absolute Gasteiger partial charge is 0.220 e. The average molecular weight is 471 g/mol. The fourth-order valence-electron chi connectivity index (χ4n) is 4.80. The maximum Gasteiger partial charge on any atom is 0.220 e. The van der Waals surface area contributed by atoms with Crippen LogP contribution in [0, 0.1) is 5.92 Å². The van der Waals surface area contributed by atoms with Gasteiger partial charge in [0, 0.05) is 36.6 Å². The zero-order valence-electron chi connectivity index (χ0n) is 19.8. The third-order valence-corrected chi connectivity index (χ3v) is 6.82. The third-order valence-electron chi connectivity index (χ3n) is 6.82. The molecule has 0 aromatic heterocycles.